The van der Waals surface area contributed by atoms with Crippen LogP contribution < -0.4 is 5.73 Å². The normalized spacial score (nSPS) is 14.3. The predicted molar refractivity (Wildman–Crippen MR) is 74.6 cm³/mol. The van der Waals surface area contributed by atoms with Crippen LogP contribution in [0.4, 0.5) is 0 Å². The maximum Gasteiger partial charge on any atom is 0.106 e. The number of hydrogen-bond acceptors (Lipinski definition) is 4. The van der Waals surface area contributed by atoms with E-state index < -0.39 is 0 Å². The minimum absolute atomic E-state index is 0.00705. The summed E-state index contributed by atoms with van der Waals surface area (Å²) in [7, 11) is 0. The second kappa shape index (κ2) is 6.64. The van der Waals surface area contributed by atoms with Crippen LogP contribution in [0.1, 0.15) is 23.6 Å². The maximum atomic E-state index is 5.97. The first-order chi connectivity index (χ1) is 8.77. The van der Waals surface area contributed by atoms with Crippen LogP contribution in [0.3, 0.4) is 0 Å². The second-order valence-corrected chi connectivity index (χ2v) is 5.22. The summed E-state index contributed by atoms with van der Waals surface area (Å²) < 4.78 is 5.90. The Bertz CT molecular complexity index is 442. The van der Waals surface area contributed by atoms with Gasteiger partial charge in [-0.25, -0.2) is 0 Å². The Morgan fingerprint density at radius 2 is 2.22 bits per heavy atom. The molecule has 0 saturated carbocycles. The number of ether oxygens (including phenoxy) is 1. The van der Waals surface area contributed by atoms with Gasteiger partial charge in [-0.3, -0.25) is 4.98 Å². The van der Waals surface area contributed by atoms with Gasteiger partial charge in [-0.2, -0.15) is 0 Å². The molecule has 2 unspecified atom stereocenters. The van der Waals surface area contributed by atoms with Gasteiger partial charge in [-0.15, -0.1) is 11.3 Å². The van der Waals surface area contributed by atoms with Gasteiger partial charge in [0.2, 0.25) is 0 Å². The lowest BCUT2D eigenvalue weighted by molar-refractivity contribution is 0.0424. The van der Waals surface area contributed by atoms with Gasteiger partial charge in [0.25, 0.3) is 0 Å². The fourth-order valence-corrected chi connectivity index (χ4v) is 2.67. The first kappa shape index (κ1) is 13.2. The van der Waals surface area contributed by atoms with E-state index in [1.54, 1.807) is 17.5 Å². The Morgan fingerprint density at radius 3 is 2.83 bits per heavy atom. The Kier molecular flexibility index (Phi) is 4.87. The first-order valence-electron chi connectivity index (χ1n) is 6.08. The quantitative estimate of drug-likeness (QED) is 0.871. The number of nitrogens with two attached hydrogens (primary N) is 1. The highest BCUT2D eigenvalue weighted by Crippen LogP contribution is 2.24. The molecule has 0 saturated heterocycles. The van der Waals surface area contributed by atoms with Crippen LogP contribution in [0, 0.1) is 0 Å². The molecule has 0 aromatic carbocycles. The lowest BCUT2D eigenvalue weighted by Crippen LogP contribution is -2.27. The van der Waals surface area contributed by atoms with Gasteiger partial charge < -0.3 is 10.5 Å². The third-order valence-electron chi connectivity index (χ3n) is 2.68. The Morgan fingerprint density at radius 1 is 1.33 bits per heavy atom. The Hall–Kier alpha value is -1.23. The van der Waals surface area contributed by atoms with Crippen molar-refractivity contribution in [1.29, 1.82) is 0 Å². The lowest BCUT2D eigenvalue weighted by Gasteiger charge is -2.20. The zero-order chi connectivity index (χ0) is 12.8. The van der Waals surface area contributed by atoms with Crippen LogP contribution >= 0.6 is 11.3 Å². The molecule has 0 aliphatic rings. The summed E-state index contributed by atoms with van der Waals surface area (Å²) in [6, 6.07) is 10.0. The minimum atomic E-state index is -0.0197. The van der Waals surface area contributed by atoms with Crippen LogP contribution in [0.5, 0.6) is 0 Å². The molecule has 2 heterocycles. The molecule has 4 heteroatoms. The molecular formula is C14H18N2OS. The molecule has 96 valence electrons. The highest BCUT2D eigenvalue weighted by Gasteiger charge is 2.17. The summed E-state index contributed by atoms with van der Waals surface area (Å²) in [6.07, 6.45) is 2.60. The highest BCUT2D eigenvalue weighted by atomic mass is 32.1. The van der Waals surface area contributed by atoms with Crippen molar-refractivity contribution in [3.63, 3.8) is 0 Å². The number of hydrogen-bond donors (Lipinski definition) is 1. The summed E-state index contributed by atoms with van der Waals surface area (Å²) in [5.41, 5.74) is 7.02. The topological polar surface area (TPSA) is 48.1 Å². The molecule has 2 atom stereocenters. The molecule has 2 rings (SSSR count). The standard InChI is InChI=1S/C14H18N2OS/c1-11(15)14(13-6-4-10-18-13)17-9-7-12-5-2-3-8-16-12/h2-6,8,10-11,14H,7,9,15H2,1H3. The van der Waals surface area contributed by atoms with Gasteiger partial charge >= 0.3 is 0 Å². The number of pyridine rings is 1. The van der Waals surface area contributed by atoms with Crippen molar-refractivity contribution < 1.29 is 4.74 Å². The van der Waals surface area contributed by atoms with E-state index in [1.165, 1.54) is 4.88 Å². The third kappa shape index (κ3) is 3.63. The maximum absolute atomic E-state index is 5.97. The molecular weight excluding hydrogens is 244 g/mol. The SMILES string of the molecule is CC(N)C(OCCc1ccccn1)c1cccs1. The summed E-state index contributed by atoms with van der Waals surface area (Å²) in [4.78, 5) is 5.46. The van der Waals surface area contributed by atoms with E-state index in [2.05, 4.69) is 11.1 Å². The van der Waals surface area contributed by atoms with Crippen molar-refractivity contribution in [3.8, 4) is 0 Å². The summed E-state index contributed by atoms with van der Waals surface area (Å²) in [5, 5.41) is 2.05. The van der Waals surface area contributed by atoms with Gasteiger partial charge in [0.1, 0.15) is 6.10 Å². The zero-order valence-corrected chi connectivity index (χ0v) is 11.3. The molecule has 0 aliphatic heterocycles. The number of nitrogens with zero attached hydrogens (tertiary/aromatic N) is 1. The van der Waals surface area contributed by atoms with E-state index in [1.807, 2.05) is 36.6 Å². The lowest BCUT2D eigenvalue weighted by atomic mass is 10.1. The van der Waals surface area contributed by atoms with Crippen molar-refractivity contribution in [2.45, 2.75) is 25.5 Å². The third-order valence-corrected chi connectivity index (χ3v) is 3.62. The minimum Gasteiger partial charge on any atom is -0.371 e. The van der Waals surface area contributed by atoms with E-state index in [9.17, 15) is 0 Å². The summed E-state index contributed by atoms with van der Waals surface area (Å²) >= 11 is 1.68. The average Bonchev–Trinajstić information content (AvgIpc) is 2.89. The van der Waals surface area contributed by atoms with Crippen molar-refractivity contribution >= 4 is 11.3 Å². The molecule has 3 nitrogen and oxygen atoms in total. The van der Waals surface area contributed by atoms with Crippen LogP contribution in [0.25, 0.3) is 0 Å². The van der Waals surface area contributed by atoms with Crippen molar-refractivity contribution in [1.82, 2.24) is 4.98 Å². The van der Waals surface area contributed by atoms with E-state index in [4.69, 9.17) is 10.5 Å². The van der Waals surface area contributed by atoms with E-state index in [0.29, 0.717) is 6.61 Å². The molecule has 2 N–H and O–H groups in total. The molecule has 0 aliphatic carbocycles. The summed E-state index contributed by atoms with van der Waals surface area (Å²) in [5.74, 6) is 0. The average molecular weight is 262 g/mol. The predicted octanol–water partition coefficient (Wildman–Crippen LogP) is 2.79. The number of thiophene rings is 1. The smallest absolute Gasteiger partial charge is 0.106 e. The Balaban J connectivity index is 1.87. The van der Waals surface area contributed by atoms with Gasteiger partial charge in [0.05, 0.1) is 6.61 Å². The van der Waals surface area contributed by atoms with E-state index in [0.717, 1.165) is 12.1 Å². The van der Waals surface area contributed by atoms with Crippen LogP contribution in [0.15, 0.2) is 41.9 Å². The molecule has 0 amide bonds. The van der Waals surface area contributed by atoms with Crippen LogP contribution in [0.2, 0.25) is 0 Å². The fraction of sp³-hybridized carbons (Fsp3) is 0.357. The second-order valence-electron chi connectivity index (χ2n) is 4.24. The van der Waals surface area contributed by atoms with E-state index >= 15 is 0 Å². The molecule has 0 fully saturated rings. The van der Waals surface area contributed by atoms with Crippen molar-refractivity contribution in [2.24, 2.45) is 5.73 Å². The van der Waals surface area contributed by atoms with Crippen molar-refractivity contribution in [2.75, 3.05) is 6.61 Å². The molecule has 0 bridgehead atoms. The molecule has 2 aromatic rings. The number of aromatic nitrogens is 1. The number of rotatable bonds is 6. The van der Waals surface area contributed by atoms with Crippen molar-refractivity contribution in [3.05, 3.63) is 52.5 Å². The fourth-order valence-electron chi connectivity index (χ4n) is 1.78. The van der Waals surface area contributed by atoms with E-state index in [-0.39, 0.29) is 12.1 Å². The Labute approximate surface area is 112 Å². The monoisotopic (exact) mass is 262 g/mol. The molecule has 0 radical (unpaired) electrons. The summed E-state index contributed by atoms with van der Waals surface area (Å²) in [6.45, 7) is 2.62. The van der Waals surface area contributed by atoms with Crippen LogP contribution in [-0.4, -0.2) is 17.6 Å². The van der Waals surface area contributed by atoms with Gasteiger partial charge in [-0.05, 0) is 30.5 Å². The molecule has 18 heavy (non-hydrogen) atoms. The largest absolute Gasteiger partial charge is 0.371 e. The highest BCUT2D eigenvalue weighted by molar-refractivity contribution is 7.10. The van der Waals surface area contributed by atoms with Crippen LogP contribution in [-0.2, 0) is 11.2 Å². The zero-order valence-electron chi connectivity index (χ0n) is 10.5. The first-order valence-corrected chi connectivity index (χ1v) is 6.96. The van der Waals surface area contributed by atoms with Gasteiger partial charge in [-0.1, -0.05) is 12.1 Å². The molecule has 0 spiro atoms. The van der Waals surface area contributed by atoms with Gasteiger partial charge in [0.15, 0.2) is 0 Å². The molecule has 2 aromatic heterocycles. The van der Waals surface area contributed by atoms with Gasteiger partial charge in [0, 0.05) is 29.2 Å².